The van der Waals surface area contributed by atoms with Gasteiger partial charge in [0.25, 0.3) is 0 Å². The Labute approximate surface area is 113 Å². The van der Waals surface area contributed by atoms with Gasteiger partial charge in [0.15, 0.2) is 5.84 Å². The van der Waals surface area contributed by atoms with Gasteiger partial charge in [-0.1, -0.05) is 43.3 Å². The van der Waals surface area contributed by atoms with Crippen molar-refractivity contribution in [3.8, 4) is 0 Å². The SMILES string of the molecule is CC(C)C(C)NC(=O)Cc1ccc(C(N)=NO)cc1. The number of hydrogen-bond acceptors (Lipinski definition) is 3. The van der Waals surface area contributed by atoms with E-state index in [2.05, 4.69) is 24.3 Å². The van der Waals surface area contributed by atoms with Gasteiger partial charge in [0.2, 0.25) is 5.91 Å². The average molecular weight is 263 g/mol. The van der Waals surface area contributed by atoms with Crippen molar-refractivity contribution in [2.24, 2.45) is 16.8 Å². The van der Waals surface area contributed by atoms with Gasteiger partial charge in [0, 0.05) is 11.6 Å². The van der Waals surface area contributed by atoms with Crippen molar-refractivity contribution in [3.05, 3.63) is 35.4 Å². The zero-order valence-electron chi connectivity index (χ0n) is 11.6. The number of nitrogens with two attached hydrogens (primary N) is 1. The zero-order valence-corrected chi connectivity index (χ0v) is 11.6. The molecule has 1 atom stereocenters. The van der Waals surface area contributed by atoms with Crippen molar-refractivity contribution in [1.29, 1.82) is 0 Å². The molecule has 0 fully saturated rings. The fraction of sp³-hybridized carbons (Fsp3) is 0.429. The Bertz CT molecular complexity index is 452. The second-order valence-electron chi connectivity index (χ2n) is 4.96. The van der Waals surface area contributed by atoms with E-state index in [-0.39, 0.29) is 17.8 Å². The van der Waals surface area contributed by atoms with Crippen LogP contribution in [0.3, 0.4) is 0 Å². The Hall–Kier alpha value is -2.04. The summed E-state index contributed by atoms with van der Waals surface area (Å²) in [5.74, 6) is 0.467. The molecule has 0 heterocycles. The smallest absolute Gasteiger partial charge is 0.224 e. The molecule has 19 heavy (non-hydrogen) atoms. The van der Waals surface area contributed by atoms with Crippen LogP contribution >= 0.6 is 0 Å². The van der Waals surface area contributed by atoms with E-state index in [9.17, 15) is 4.79 Å². The van der Waals surface area contributed by atoms with E-state index in [1.807, 2.05) is 6.92 Å². The fourth-order valence-corrected chi connectivity index (χ4v) is 1.51. The Balaban J connectivity index is 2.61. The van der Waals surface area contributed by atoms with Gasteiger partial charge < -0.3 is 16.3 Å². The van der Waals surface area contributed by atoms with E-state index in [1.165, 1.54) is 0 Å². The lowest BCUT2D eigenvalue weighted by atomic mass is 10.1. The molecule has 104 valence electrons. The molecule has 0 saturated carbocycles. The summed E-state index contributed by atoms with van der Waals surface area (Å²) in [7, 11) is 0. The van der Waals surface area contributed by atoms with E-state index in [0.29, 0.717) is 17.9 Å². The molecule has 4 N–H and O–H groups in total. The van der Waals surface area contributed by atoms with Crippen LogP contribution in [-0.2, 0) is 11.2 Å². The predicted octanol–water partition coefficient (Wildman–Crippen LogP) is 1.48. The molecule has 1 aromatic rings. The van der Waals surface area contributed by atoms with Crippen molar-refractivity contribution in [2.45, 2.75) is 33.2 Å². The minimum absolute atomic E-state index is 0.00209. The molecule has 5 heteroatoms. The van der Waals surface area contributed by atoms with Crippen LogP contribution < -0.4 is 11.1 Å². The van der Waals surface area contributed by atoms with E-state index >= 15 is 0 Å². The van der Waals surface area contributed by atoms with E-state index in [0.717, 1.165) is 5.56 Å². The molecule has 1 amide bonds. The van der Waals surface area contributed by atoms with Gasteiger partial charge in [0.05, 0.1) is 6.42 Å². The molecule has 0 aliphatic heterocycles. The molecule has 0 aliphatic carbocycles. The van der Waals surface area contributed by atoms with E-state index in [1.54, 1.807) is 24.3 Å². The molecular weight excluding hydrogens is 242 g/mol. The summed E-state index contributed by atoms with van der Waals surface area (Å²) >= 11 is 0. The van der Waals surface area contributed by atoms with E-state index in [4.69, 9.17) is 10.9 Å². The van der Waals surface area contributed by atoms with Crippen LogP contribution in [0.15, 0.2) is 29.4 Å². The third-order valence-electron chi connectivity index (χ3n) is 3.11. The molecular formula is C14H21N3O2. The summed E-state index contributed by atoms with van der Waals surface area (Å²) in [6.07, 6.45) is 0.327. The van der Waals surface area contributed by atoms with Crippen molar-refractivity contribution < 1.29 is 10.0 Å². The Morgan fingerprint density at radius 2 is 1.89 bits per heavy atom. The number of carbonyl (C=O) groups is 1. The molecule has 0 radical (unpaired) electrons. The summed E-state index contributed by atoms with van der Waals surface area (Å²) in [5, 5.41) is 14.4. The fourth-order valence-electron chi connectivity index (χ4n) is 1.51. The minimum Gasteiger partial charge on any atom is -0.409 e. The molecule has 1 unspecified atom stereocenters. The van der Waals surface area contributed by atoms with Gasteiger partial charge in [-0.05, 0) is 18.4 Å². The largest absolute Gasteiger partial charge is 0.409 e. The topological polar surface area (TPSA) is 87.7 Å². The monoisotopic (exact) mass is 263 g/mol. The highest BCUT2D eigenvalue weighted by Crippen LogP contribution is 2.06. The zero-order chi connectivity index (χ0) is 14.4. The van der Waals surface area contributed by atoms with Crippen molar-refractivity contribution >= 4 is 11.7 Å². The highest BCUT2D eigenvalue weighted by molar-refractivity contribution is 5.97. The van der Waals surface area contributed by atoms with Gasteiger partial charge in [-0.2, -0.15) is 0 Å². The van der Waals surface area contributed by atoms with Crippen LogP contribution in [0.25, 0.3) is 0 Å². The third kappa shape index (κ3) is 4.62. The Kier molecular flexibility index (Phi) is 5.36. The summed E-state index contributed by atoms with van der Waals surface area (Å²) in [6.45, 7) is 6.12. The molecule has 0 aromatic heterocycles. The molecule has 0 spiro atoms. The molecule has 1 rings (SSSR count). The second kappa shape index (κ2) is 6.78. The number of nitrogens with zero attached hydrogens (tertiary/aromatic N) is 1. The minimum atomic E-state index is -0.00209. The number of carbonyl (C=O) groups excluding carboxylic acids is 1. The molecule has 0 saturated heterocycles. The number of oxime groups is 1. The molecule has 1 aromatic carbocycles. The first-order chi connectivity index (χ1) is 8.93. The summed E-state index contributed by atoms with van der Waals surface area (Å²) in [4.78, 5) is 11.8. The normalized spacial score (nSPS) is 13.4. The first-order valence-corrected chi connectivity index (χ1v) is 6.30. The number of amides is 1. The van der Waals surface area contributed by atoms with Crippen molar-refractivity contribution in [1.82, 2.24) is 5.32 Å². The predicted molar refractivity (Wildman–Crippen MR) is 75.1 cm³/mol. The number of amidine groups is 1. The van der Waals surface area contributed by atoms with Crippen LogP contribution in [-0.4, -0.2) is 23.0 Å². The van der Waals surface area contributed by atoms with Crippen LogP contribution in [0.5, 0.6) is 0 Å². The molecule has 0 aliphatic rings. The maximum atomic E-state index is 11.8. The maximum Gasteiger partial charge on any atom is 0.224 e. The lowest BCUT2D eigenvalue weighted by Gasteiger charge is -2.17. The number of nitrogens with one attached hydrogen (secondary N) is 1. The first-order valence-electron chi connectivity index (χ1n) is 6.30. The average Bonchev–Trinajstić information content (AvgIpc) is 2.38. The highest BCUT2D eigenvalue weighted by Gasteiger charge is 2.11. The highest BCUT2D eigenvalue weighted by atomic mass is 16.4. The summed E-state index contributed by atoms with van der Waals surface area (Å²) in [5.41, 5.74) is 6.98. The van der Waals surface area contributed by atoms with Gasteiger partial charge in [0.1, 0.15) is 0 Å². The maximum absolute atomic E-state index is 11.8. The van der Waals surface area contributed by atoms with Gasteiger partial charge >= 0.3 is 0 Å². The Morgan fingerprint density at radius 1 is 1.32 bits per heavy atom. The number of hydrogen-bond donors (Lipinski definition) is 3. The third-order valence-corrected chi connectivity index (χ3v) is 3.11. The second-order valence-corrected chi connectivity index (χ2v) is 4.96. The van der Waals surface area contributed by atoms with Crippen molar-refractivity contribution in [2.75, 3.05) is 0 Å². The van der Waals surface area contributed by atoms with Gasteiger partial charge in [-0.25, -0.2) is 0 Å². The van der Waals surface area contributed by atoms with Crippen LogP contribution in [0, 0.1) is 5.92 Å². The standard InChI is InChI=1S/C14H21N3O2/c1-9(2)10(3)16-13(18)8-11-4-6-12(7-5-11)14(15)17-19/h4-7,9-10,19H,8H2,1-3H3,(H2,15,17)(H,16,18). The molecule has 0 bridgehead atoms. The Morgan fingerprint density at radius 3 is 2.37 bits per heavy atom. The van der Waals surface area contributed by atoms with Crippen molar-refractivity contribution in [3.63, 3.8) is 0 Å². The van der Waals surface area contributed by atoms with Crippen LogP contribution in [0.1, 0.15) is 31.9 Å². The number of rotatable bonds is 5. The van der Waals surface area contributed by atoms with E-state index < -0.39 is 0 Å². The van der Waals surface area contributed by atoms with Crippen LogP contribution in [0.4, 0.5) is 0 Å². The summed E-state index contributed by atoms with van der Waals surface area (Å²) in [6, 6.07) is 7.21. The van der Waals surface area contributed by atoms with Gasteiger partial charge in [-0.3, -0.25) is 4.79 Å². The lowest BCUT2D eigenvalue weighted by molar-refractivity contribution is -0.121. The first kappa shape index (κ1) is 15.0. The summed E-state index contributed by atoms with van der Waals surface area (Å²) < 4.78 is 0. The number of benzene rings is 1. The van der Waals surface area contributed by atoms with Crippen LogP contribution in [0.2, 0.25) is 0 Å². The quantitative estimate of drug-likeness (QED) is 0.325. The van der Waals surface area contributed by atoms with Gasteiger partial charge in [-0.15, -0.1) is 0 Å². The molecule has 5 nitrogen and oxygen atoms in total. The lowest BCUT2D eigenvalue weighted by Crippen LogP contribution is -2.37.